The molecule has 1 atom stereocenters. The zero-order chi connectivity index (χ0) is 11.0. The molecule has 0 saturated heterocycles. The van der Waals surface area contributed by atoms with E-state index in [-0.39, 0.29) is 71.9 Å². The molecule has 3 rings (SSSR count). The van der Waals surface area contributed by atoms with E-state index < -0.39 is 0 Å². The summed E-state index contributed by atoms with van der Waals surface area (Å²) in [4.78, 5) is 0. The van der Waals surface area contributed by atoms with Gasteiger partial charge in [0, 0.05) is 0 Å². The average molecular weight is 663 g/mol. The van der Waals surface area contributed by atoms with Crippen LogP contribution < -0.4 is 71.9 Å². The summed E-state index contributed by atoms with van der Waals surface area (Å²) in [7, 11) is 0. The summed E-state index contributed by atoms with van der Waals surface area (Å²) in [5.74, 6) is 0. The summed E-state index contributed by atoms with van der Waals surface area (Å²) in [6, 6.07) is 19.4. The third kappa shape index (κ3) is 4.36. The van der Waals surface area contributed by atoms with E-state index in [4.69, 9.17) is 0 Å². The number of fused-ring (bicyclic) bond motifs is 1. The molecule has 0 saturated carbocycles. The molecule has 96 valence electrons. The van der Waals surface area contributed by atoms with Crippen LogP contribution in [-0.2, 0) is 24.7 Å². The second-order valence-corrected chi connectivity index (χ2v) is 5.45. The second kappa shape index (κ2) is 9.31. The van der Waals surface area contributed by atoms with Gasteiger partial charge < -0.3 is 71.9 Å². The van der Waals surface area contributed by atoms with Crippen LogP contribution in [0.4, 0.5) is 0 Å². The Morgan fingerprint density at radius 2 is 1.32 bits per heavy atom. The first-order valence-corrected chi connectivity index (χ1v) is 6.85. The van der Waals surface area contributed by atoms with Crippen molar-refractivity contribution in [3.8, 4) is 0 Å². The molecule has 0 aliphatic heterocycles. The van der Waals surface area contributed by atoms with Gasteiger partial charge in [-0.25, -0.2) is 0 Å². The first-order valence-electron chi connectivity index (χ1n) is 5.43. The van der Waals surface area contributed by atoms with E-state index in [2.05, 4.69) is 60.7 Å². The fraction of sp³-hybridized carbons (Fsp3) is 0.0667. The SMILES string of the molecule is [I-].[I-].[I-].[Zr+3][CH]1C(c2ccccc2)=Cc2ccccc21. The van der Waals surface area contributed by atoms with Gasteiger partial charge in [0.25, 0.3) is 0 Å². The van der Waals surface area contributed by atoms with E-state index in [9.17, 15) is 0 Å². The Hall–Kier alpha value is 1.25. The summed E-state index contributed by atoms with van der Waals surface area (Å²) in [5, 5.41) is 0. The van der Waals surface area contributed by atoms with E-state index in [1.165, 1.54) is 22.3 Å². The van der Waals surface area contributed by atoms with Crippen LogP contribution in [0, 0.1) is 0 Å². The van der Waals surface area contributed by atoms with E-state index in [1.807, 2.05) is 0 Å². The molecule has 0 bridgehead atoms. The Balaban J connectivity index is 0.00000108. The fourth-order valence-electron chi connectivity index (χ4n) is 2.20. The normalized spacial score (nSPS) is 15.3. The van der Waals surface area contributed by atoms with E-state index in [0.29, 0.717) is 3.63 Å². The minimum atomic E-state index is 0. The van der Waals surface area contributed by atoms with Crippen molar-refractivity contribution in [3.05, 3.63) is 71.3 Å². The van der Waals surface area contributed by atoms with Gasteiger partial charge >= 0.3 is 111 Å². The second-order valence-electron chi connectivity index (χ2n) is 4.03. The third-order valence-electron chi connectivity index (χ3n) is 3.04. The molecule has 2 aromatic carbocycles. The van der Waals surface area contributed by atoms with Crippen LogP contribution in [0.3, 0.4) is 0 Å². The molecule has 0 spiro atoms. The Morgan fingerprint density at radius 3 is 1.95 bits per heavy atom. The molecule has 1 unspecified atom stereocenters. The molecule has 0 fully saturated rings. The quantitative estimate of drug-likeness (QED) is 0.268. The minimum absolute atomic E-state index is 0. The molecule has 0 heterocycles. The predicted octanol–water partition coefficient (Wildman–Crippen LogP) is -5.16. The molecule has 0 nitrogen and oxygen atoms in total. The van der Waals surface area contributed by atoms with Crippen LogP contribution >= 0.6 is 0 Å². The van der Waals surface area contributed by atoms with Crippen LogP contribution in [0.25, 0.3) is 11.6 Å². The van der Waals surface area contributed by atoms with Gasteiger partial charge in [-0.15, -0.1) is 0 Å². The molecule has 0 radical (unpaired) electrons. The molecule has 19 heavy (non-hydrogen) atoms. The van der Waals surface area contributed by atoms with Crippen molar-refractivity contribution < 1.29 is 96.6 Å². The summed E-state index contributed by atoms with van der Waals surface area (Å²) in [6.07, 6.45) is 2.34. The van der Waals surface area contributed by atoms with Crippen molar-refractivity contribution in [2.75, 3.05) is 0 Å². The van der Waals surface area contributed by atoms with E-state index in [0.717, 1.165) is 0 Å². The number of halogens is 3. The Morgan fingerprint density at radius 1 is 0.737 bits per heavy atom. The summed E-state index contributed by atoms with van der Waals surface area (Å²) >= 11 is 1.57. The van der Waals surface area contributed by atoms with Gasteiger partial charge in [0.05, 0.1) is 0 Å². The Kier molecular flexibility index (Phi) is 9.92. The van der Waals surface area contributed by atoms with E-state index >= 15 is 0 Å². The molecule has 0 N–H and O–H groups in total. The topological polar surface area (TPSA) is 0 Å². The maximum atomic E-state index is 2.34. The van der Waals surface area contributed by atoms with Crippen molar-refractivity contribution in [2.45, 2.75) is 3.63 Å². The monoisotopic (exact) mass is 662 g/mol. The van der Waals surface area contributed by atoms with Crippen molar-refractivity contribution in [3.63, 3.8) is 0 Å². The van der Waals surface area contributed by atoms with Crippen LogP contribution in [0.2, 0.25) is 0 Å². The van der Waals surface area contributed by atoms with Crippen molar-refractivity contribution in [2.24, 2.45) is 0 Å². The van der Waals surface area contributed by atoms with Crippen molar-refractivity contribution >= 4 is 11.6 Å². The number of hydrogen-bond acceptors (Lipinski definition) is 0. The molecule has 4 heteroatoms. The summed E-state index contributed by atoms with van der Waals surface area (Å²) < 4.78 is 0.603. The Bertz CT molecular complexity index is 552. The van der Waals surface area contributed by atoms with E-state index in [1.54, 1.807) is 24.7 Å². The first kappa shape index (κ1) is 20.3. The van der Waals surface area contributed by atoms with Gasteiger partial charge in [0.1, 0.15) is 0 Å². The predicted molar refractivity (Wildman–Crippen MR) is 63.5 cm³/mol. The van der Waals surface area contributed by atoms with Crippen molar-refractivity contribution in [1.82, 2.24) is 0 Å². The fourth-order valence-corrected chi connectivity index (χ4v) is 3.46. The zero-order valence-electron chi connectivity index (χ0n) is 9.98. The Labute approximate surface area is 180 Å². The molecule has 0 aromatic heterocycles. The van der Waals surface area contributed by atoms with Gasteiger partial charge in [-0.3, -0.25) is 0 Å². The van der Waals surface area contributed by atoms with Gasteiger partial charge in [-0.1, -0.05) is 0 Å². The molecule has 0 amide bonds. The molecule has 1 aliphatic carbocycles. The summed E-state index contributed by atoms with van der Waals surface area (Å²) in [5.41, 5.74) is 5.71. The number of rotatable bonds is 1. The van der Waals surface area contributed by atoms with Gasteiger partial charge in [0.2, 0.25) is 0 Å². The van der Waals surface area contributed by atoms with Crippen LogP contribution in [0.15, 0.2) is 54.6 Å². The molecule has 2 aromatic rings. The van der Waals surface area contributed by atoms with Crippen LogP contribution in [-0.4, -0.2) is 0 Å². The maximum absolute atomic E-state index is 2.34. The van der Waals surface area contributed by atoms with Gasteiger partial charge in [0.15, 0.2) is 0 Å². The van der Waals surface area contributed by atoms with Crippen molar-refractivity contribution in [1.29, 1.82) is 0 Å². The summed E-state index contributed by atoms with van der Waals surface area (Å²) in [6.45, 7) is 0. The number of hydrogen-bond donors (Lipinski definition) is 0. The standard InChI is InChI=1S/C15H11.3HI.Zr/c1-2-6-12(7-3-1)15-10-13-8-4-5-9-14(13)11-15;;;;/h1-11H;3*1H;/q;;;;+3/p-3. The molecular formula is C15H11I3Zr. The molecular weight excluding hydrogens is 652 g/mol. The zero-order valence-corrected chi connectivity index (χ0v) is 18.9. The first-order chi connectivity index (χ1) is 7.86. The number of allylic oxidation sites excluding steroid dienone is 1. The number of benzene rings is 2. The van der Waals surface area contributed by atoms with Crippen LogP contribution in [0.5, 0.6) is 0 Å². The van der Waals surface area contributed by atoms with Gasteiger partial charge in [-0.05, 0) is 0 Å². The average Bonchev–Trinajstić information content (AvgIpc) is 2.69. The molecule has 1 aliphatic rings. The van der Waals surface area contributed by atoms with Crippen LogP contribution in [0.1, 0.15) is 20.3 Å². The van der Waals surface area contributed by atoms with Gasteiger partial charge in [-0.2, -0.15) is 0 Å². The third-order valence-corrected chi connectivity index (χ3v) is 4.57.